The van der Waals surface area contributed by atoms with E-state index in [9.17, 15) is 61.0 Å². The minimum absolute atomic E-state index is 0.229. The van der Waals surface area contributed by atoms with E-state index in [2.05, 4.69) is 92.1 Å². The third-order valence-electron chi connectivity index (χ3n) is 17.7. The van der Waals surface area contributed by atoms with Crippen molar-refractivity contribution in [2.45, 2.75) is 349 Å². The molecule has 3 heterocycles. The number of carbonyl (C=O) groups is 1. The first-order chi connectivity index (χ1) is 45.3. The van der Waals surface area contributed by atoms with Gasteiger partial charge in [-0.1, -0.05) is 240 Å². The number of allylic oxidation sites excluding steroid dienone is 13. The fraction of sp³-hybridized carbons (Fsp3) is 0.797. The van der Waals surface area contributed by atoms with Gasteiger partial charge in [-0.3, -0.25) is 4.79 Å². The Kier molecular flexibility index (Phi) is 49.7. The summed E-state index contributed by atoms with van der Waals surface area (Å²) in [6.45, 7) is 1.60. The van der Waals surface area contributed by atoms with E-state index in [1.807, 2.05) is 6.08 Å². The summed E-state index contributed by atoms with van der Waals surface area (Å²) in [7, 11) is 0. The van der Waals surface area contributed by atoms with Crippen molar-refractivity contribution < 1.29 is 89.4 Å². The fourth-order valence-corrected chi connectivity index (χ4v) is 11.8. The zero-order valence-corrected chi connectivity index (χ0v) is 57.0. The largest absolute Gasteiger partial charge is 0.394 e. The van der Waals surface area contributed by atoms with Crippen LogP contribution in [-0.4, -0.2) is 193 Å². The Morgan fingerprint density at radius 3 is 1.20 bits per heavy atom. The van der Waals surface area contributed by atoms with Crippen molar-refractivity contribution in [3.63, 3.8) is 0 Å². The van der Waals surface area contributed by atoms with Gasteiger partial charge in [-0.25, -0.2) is 0 Å². The van der Waals surface area contributed by atoms with Gasteiger partial charge >= 0.3 is 0 Å². The molecule has 0 aromatic carbocycles. The maximum Gasteiger partial charge on any atom is 0.220 e. The molecule has 3 aliphatic rings. The lowest BCUT2D eigenvalue weighted by molar-refractivity contribution is -0.379. The van der Waals surface area contributed by atoms with Gasteiger partial charge in [0.05, 0.1) is 38.6 Å². The van der Waals surface area contributed by atoms with E-state index in [1.165, 1.54) is 141 Å². The van der Waals surface area contributed by atoms with Crippen molar-refractivity contribution >= 4 is 5.91 Å². The number of ether oxygens (including phenoxy) is 6. The highest BCUT2D eigenvalue weighted by Crippen LogP contribution is 2.33. The Hall–Kier alpha value is -3.03. The molecule has 3 rings (SSSR count). The highest BCUT2D eigenvalue weighted by atomic mass is 16.8. The van der Waals surface area contributed by atoms with Crippen LogP contribution in [-0.2, 0) is 33.2 Å². The predicted molar refractivity (Wildman–Crippen MR) is 364 cm³/mol. The molecule has 12 N–H and O–H groups in total. The summed E-state index contributed by atoms with van der Waals surface area (Å²) in [5.74, 6) is -0.291. The first-order valence-electron chi connectivity index (χ1n) is 36.3. The van der Waals surface area contributed by atoms with Crippen LogP contribution in [0.2, 0.25) is 0 Å². The minimum Gasteiger partial charge on any atom is -0.394 e. The number of nitrogens with one attached hydrogen (secondary N) is 1. The summed E-state index contributed by atoms with van der Waals surface area (Å²) in [4.78, 5) is 13.4. The predicted octanol–water partition coefficient (Wildman–Crippen LogP) is 10.3. The number of aliphatic hydroxyl groups is 11. The zero-order valence-electron chi connectivity index (χ0n) is 57.0. The molecule has 19 nitrogen and oxygen atoms in total. The van der Waals surface area contributed by atoms with E-state index in [4.69, 9.17) is 28.4 Å². The van der Waals surface area contributed by atoms with Gasteiger partial charge in [0.2, 0.25) is 5.91 Å². The van der Waals surface area contributed by atoms with Crippen LogP contribution in [0.3, 0.4) is 0 Å². The number of amides is 1. The molecule has 0 saturated carbocycles. The van der Waals surface area contributed by atoms with Crippen molar-refractivity contribution in [3.05, 3.63) is 85.1 Å². The van der Waals surface area contributed by atoms with Crippen LogP contribution in [0.4, 0.5) is 0 Å². The summed E-state index contributed by atoms with van der Waals surface area (Å²) in [5.41, 5.74) is 0. The molecule has 19 heteroatoms. The Morgan fingerprint density at radius 2 is 0.753 bits per heavy atom. The second kappa shape index (κ2) is 54.9. The molecule has 3 saturated heterocycles. The second-order valence-electron chi connectivity index (χ2n) is 25.6. The highest BCUT2D eigenvalue weighted by molar-refractivity contribution is 5.76. The zero-order chi connectivity index (χ0) is 67.5. The van der Waals surface area contributed by atoms with Gasteiger partial charge in [-0.05, 0) is 83.5 Å². The first-order valence-corrected chi connectivity index (χ1v) is 36.3. The molecule has 0 aliphatic carbocycles. The molecule has 17 atom stereocenters. The molecule has 17 unspecified atom stereocenters. The lowest BCUT2D eigenvalue weighted by Gasteiger charge is -2.48. The van der Waals surface area contributed by atoms with Crippen LogP contribution in [0.15, 0.2) is 85.1 Å². The molecule has 0 spiro atoms. The molecule has 0 aromatic heterocycles. The van der Waals surface area contributed by atoms with Crippen molar-refractivity contribution in [1.29, 1.82) is 0 Å². The maximum absolute atomic E-state index is 13.4. The van der Waals surface area contributed by atoms with Gasteiger partial charge in [0.1, 0.15) is 73.2 Å². The molecule has 93 heavy (non-hydrogen) atoms. The van der Waals surface area contributed by atoms with E-state index in [1.54, 1.807) is 6.08 Å². The number of carbonyl (C=O) groups excluding carboxylic acids is 1. The molecule has 0 radical (unpaired) electrons. The van der Waals surface area contributed by atoms with Gasteiger partial charge < -0.3 is 89.9 Å². The second-order valence-corrected chi connectivity index (χ2v) is 25.6. The van der Waals surface area contributed by atoms with Crippen LogP contribution < -0.4 is 5.32 Å². The number of aliphatic hydroxyl groups excluding tert-OH is 11. The smallest absolute Gasteiger partial charge is 0.220 e. The molecular weight excluding hydrogens is 1190 g/mol. The SMILES string of the molecule is CC/C=C\C/C=C\C/C=C\C/C=C\CCCCCCCCCCCCCCCCCCC(=O)NC(COC1OC(CO)C(OC2OC(CO)C(OC3OC(CO)C(O)C(O)C3O)C(O)C2O)C(O)C1O)C(O)/C=C/CC/C=C/CC/C=C/CCCCCCCCCCC. The lowest BCUT2D eigenvalue weighted by atomic mass is 9.96. The monoisotopic (exact) mass is 1320 g/mol. The summed E-state index contributed by atoms with van der Waals surface area (Å²) in [6, 6.07) is -1.00. The lowest BCUT2D eigenvalue weighted by Crippen LogP contribution is -2.66. The van der Waals surface area contributed by atoms with E-state index in [-0.39, 0.29) is 18.9 Å². The fourth-order valence-electron chi connectivity index (χ4n) is 11.8. The van der Waals surface area contributed by atoms with E-state index in [0.29, 0.717) is 12.8 Å². The Labute approximate surface area is 559 Å². The molecule has 3 fully saturated rings. The number of hydrogen-bond acceptors (Lipinski definition) is 18. The van der Waals surface area contributed by atoms with Gasteiger partial charge in [-0.15, -0.1) is 0 Å². The molecule has 0 aromatic rings. The van der Waals surface area contributed by atoms with E-state index < -0.39 is 124 Å². The number of hydrogen-bond donors (Lipinski definition) is 12. The van der Waals surface area contributed by atoms with Crippen molar-refractivity contribution in [1.82, 2.24) is 5.32 Å². The highest BCUT2D eigenvalue weighted by Gasteiger charge is 2.53. The summed E-state index contributed by atoms with van der Waals surface area (Å²) in [6.07, 6.45) is 44.2. The molecule has 3 aliphatic heterocycles. The van der Waals surface area contributed by atoms with Crippen LogP contribution in [0.5, 0.6) is 0 Å². The van der Waals surface area contributed by atoms with Gasteiger partial charge in [-0.2, -0.15) is 0 Å². The van der Waals surface area contributed by atoms with Gasteiger partial charge in [0, 0.05) is 6.42 Å². The summed E-state index contributed by atoms with van der Waals surface area (Å²) >= 11 is 0. The number of unbranched alkanes of at least 4 members (excludes halogenated alkanes) is 27. The third-order valence-corrected chi connectivity index (χ3v) is 17.7. The normalized spacial score (nSPS) is 28.0. The minimum atomic E-state index is -1.99. The van der Waals surface area contributed by atoms with E-state index >= 15 is 0 Å². The summed E-state index contributed by atoms with van der Waals surface area (Å²) < 4.78 is 34.3. The molecule has 0 bridgehead atoms. The van der Waals surface area contributed by atoms with Crippen molar-refractivity contribution in [2.75, 3.05) is 26.4 Å². The number of rotatable bonds is 55. The topological polar surface area (TPSA) is 307 Å². The average molecular weight is 1320 g/mol. The Balaban J connectivity index is 1.41. The van der Waals surface area contributed by atoms with Crippen LogP contribution in [0.25, 0.3) is 0 Å². The first kappa shape index (κ1) is 84.2. The van der Waals surface area contributed by atoms with Crippen molar-refractivity contribution in [2.24, 2.45) is 0 Å². The van der Waals surface area contributed by atoms with Crippen molar-refractivity contribution in [3.8, 4) is 0 Å². The van der Waals surface area contributed by atoms with Gasteiger partial charge in [0.25, 0.3) is 0 Å². The van der Waals surface area contributed by atoms with E-state index in [0.717, 1.165) is 70.6 Å². The van der Waals surface area contributed by atoms with Gasteiger partial charge in [0.15, 0.2) is 18.9 Å². The quantitative estimate of drug-likeness (QED) is 0.0199. The average Bonchev–Trinajstić information content (AvgIpc) is 1.00. The summed E-state index contributed by atoms with van der Waals surface area (Å²) in [5, 5.41) is 121. The molecule has 538 valence electrons. The standard InChI is InChI=1S/C74H129NO18/c1-3-5-7-9-11-13-15-17-19-21-23-24-25-26-27-28-29-30-31-32-34-36-38-40-42-44-46-48-50-52-62(80)75-57(58(79)51-49-47-45-43-41-39-37-35-33-22-20-18-16-14-12-10-8-6-4-2)56-88-72-68(86)65(83)70(60(54-77)90-72)93-74-69(87)66(84)71(61(55-78)91-74)92-73-67(85)64(82)63(81)59(53-76)89-73/h5,7,11,13,17,19,23-24,33,35,41,43,49,51,57-61,63-74,76-79,81-87H,3-4,6,8-10,12,14-16,18,20-22,25-32,34,36-40,42,44-48,50,52-56H2,1-2H3,(H,75,80)/b7-5-,13-11-,19-17-,24-23-,35-33+,43-41+,51-49+. The third kappa shape index (κ3) is 36.4. The van der Waals surface area contributed by atoms with Crippen LogP contribution >= 0.6 is 0 Å². The molecular formula is C74H129NO18. The van der Waals surface area contributed by atoms with Crippen LogP contribution in [0, 0.1) is 0 Å². The molecule has 1 amide bonds. The Morgan fingerprint density at radius 1 is 0.398 bits per heavy atom. The maximum atomic E-state index is 13.4. The van der Waals surface area contributed by atoms with Crippen LogP contribution in [0.1, 0.15) is 245 Å². The Bertz CT molecular complexity index is 2010.